The van der Waals surface area contributed by atoms with Crippen LogP contribution in [0.15, 0.2) is 12.2 Å². The lowest BCUT2D eigenvalue weighted by Gasteiger charge is -2.03. The van der Waals surface area contributed by atoms with Gasteiger partial charge in [0.25, 0.3) is 0 Å². The highest BCUT2D eigenvalue weighted by molar-refractivity contribution is 5.79. The van der Waals surface area contributed by atoms with E-state index in [1.807, 2.05) is 19.0 Å². The number of carboxylic acid groups (broad SMARTS) is 1. The van der Waals surface area contributed by atoms with Crippen molar-refractivity contribution >= 4 is 5.97 Å². The van der Waals surface area contributed by atoms with Crippen molar-refractivity contribution in [3.63, 3.8) is 0 Å². The normalized spacial score (nSPS) is 9.75. The molecule has 0 rings (SSSR count). The Labute approximate surface area is 73.1 Å². The van der Waals surface area contributed by atoms with Gasteiger partial charge in [0.1, 0.15) is 0 Å². The second kappa shape index (κ2) is 10.1. The molecule has 4 nitrogen and oxygen atoms in total. The molecule has 0 spiro atoms. The fourth-order valence-electron chi connectivity index (χ4n) is 0.343. The number of carboxylic acids is 1. The van der Waals surface area contributed by atoms with E-state index in [1.54, 1.807) is 6.92 Å². The molecule has 0 fully saturated rings. The predicted molar refractivity (Wildman–Crippen MR) is 48.1 cm³/mol. The molecule has 0 atom stereocenters. The molecule has 0 radical (unpaired) electrons. The first-order valence-electron chi connectivity index (χ1n) is 3.65. The average molecular weight is 175 g/mol. The number of hydrogen-bond acceptors (Lipinski definition) is 3. The highest BCUT2D eigenvalue weighted by Crippen LogP contribution is 1.66. The highest BCUT2D eigenvalue weighted by atomic mass is 16.4. The first kappa shape index (κ1) is 13.7. The van der Waals surface area contributed by atoms with E-state index >= 15 is 0 Å². The fourth-order valence-corrected chi connectivity index (χ4v) is 0.343. The lowest BCUT2D eigenvalue weighted by atomic mass is 10.5. The molecule has 12 heavy (non-hydrogen) atoms. The molecule has 0 unspecified atom stereocenters. The van der Waals surface area contributed by atoms with Crippen LogP contribution in [0.25, 0.3) is 0 Å². The maximum Gasteiger partial charge on any atom is 0.327 e. The molecule has 0 aromatic carbocycles. The first-order chi connectivity index (χ1) is 5.54. The van der Waals surface area contributed by atoms with Crippen LogP contribution in [0.5, 0.6) is 0 Å². The molecule has 0 aliphatic heterocycles. The summed E-state index contributed by atoms with van der Waals surface area (Å²) in [6.07, 6.45) is 2.56. The second-order valence-electron chi connectivity index (χ2n) is 2.37. The molecule has 4 heteroatoms. The van der Waals surface area contributed by atoms with Crippen molar-refractivity contribution < 1.29 is 15.0 Å². The number of hydrogen-bond donors (Lipinski definition) is 2. The van der Waals surface area contributed by atoms with Gasteiger partial charge in [-0.25, -0.2) is 4.79 Å². The van der Waals surface area contributed by atoms with Crippen LogP contribution < -0.4 is 0 Å². The van der Waals surface area contributed by atoms with Gasteiger partial charge in [-0.2, -0.15) is 0 Å². The number of allylic oxidation sites excluding steroid dienone is 1. The zero-order valence-corrected chi connectivity index (χ0v) is 7.82. The molecule has 2 N–H and O–H groups in total. The van der Waals surface area contributed by atoms with Gasteiger partial charge < -0.3 is 15.1 Å². The van der Waals surface area contributed by atoms with Crippen LogP contribution >= 0.6 is 0 Å². The zero-order chi connectivity index (χ0) is 9.98. The van der Waals surface area contributed by atoms with E-state index in [1.165, 1.54) is 6.08 Å². The highest BCUT2D eigenvalue weighted by Gasteiger charge is 1.80. The van der Waals surface area contributed by atoms with E-state index in [9.17, 15) is 4.79 Å². The Morgan fingerprint density at radius 3 is 2.00 bits per heavy atom. The van der Waals surface area contributed by atoms with E-state index < -0.39 is 5.97 Å². The number of aliphatic hydroxyl groups is 1. The summed E-state index contributed by atoms with van der Waals surface area (Å²) in [6.45, 7) is 2.68. The second-order valence-corrected chi connectivity index (χ2v) is 2.37. The third-order valence-electron chi connectivity index (χ3n) is 0.856. The molecule has 0 aliphatic rings. The topological polar surface area (TPSA) is 60.8 Å². The summed E-state index contributed by atoms with van der Waals surface area (Å²) in [5, 5.41) is 16.0. The Morgan fingerprint density at radius 2 is 2.00 bits per heavy atom. The third kappa shape index (κ3) is 22.9. The molecule has 0 aromatic rings. The number of nitrogens with zero attached hydrogens (tertiary/aromatic N) is 1. The van der Waals surface area contributed by atoms with E-state index in [4.69, 9.17) is 10.2 Å². The monoisotopic (exact) mass is 175 g/mol. The number of aliphatic hydroxyl groups excluding tert-OH is 1. The lowest BCUT2D eigenvalue weighted by Crippen LogP contribution is -2.15. The van der Waals surface area contributed by atoms with Crippen LogP contribution in [0.2, 0.25) is 0 Å². The number of likely N-dealkylation sites (N-methyl/N-ethyl adjacent to an activating group) is 1. The quantitative estimate of drug-likeness (QED) is 0.601. The van der Waals surface area contributed by atoms with E-state index in [0.717, 1.165) is 12.6 Å². The number of aliphatic carboxylic acids is 1. The SMILES string of the molecule is C/C=C/C(=O)O.CN(C)CCO. The van der Waals surface area contributed by atoms with Crippen LogP contribution in [0, 0.1) is 0 Å². The fraction of sp³-hybridized carbons (Fsp3) is 0.625. The predicted octanol–water partition coefficient (Wildman–Crippen LogP) is 0.187. The number of carbonyl (C=O) groups is 1. The molecule has 72 valence electrons. The van der Waals surface area contributed by atoms with Gasteiger partial charge >= 0.3 is 5.97 Å². The van der Waals surface area contributed by atoms with Gasteiger partial charge in [-0.15, -0.1) is 0 Å². The molecular formula is C8H17NO3. The average Bonchev–Trinajstić information content (AvgIpc) is 1.87. The Morgan fingerprint density at radius 1 is 1.50 bits per heavy atom. The number of rotatable bonds is 3. The van der Waals surface area contributed by atoms with Gasteiger partial charge in [-0.05, 0) is 21.0 Å². The van der Waals surface area contributed by atoms with Gasteiger partial charge in [-0.1, -0.05) is 6.08 Å². The summed E-state index contributed by atoms with van der Waals surface area (Å²) in [4.78, 5) is 11.4. The standard InChI is InChI=1S/C4H11NO.C4H6O2/c1-5(2)3-4-6;1-2-3-4(5)6/h6H,3-4H2,1-2H3;2-3H,1H3,(H,5,6)/b;3-2+. The maximum atomic E-state index is 9.51. The molecule has 0 heterocycles. The van der Waals surface area contributed by atoms with Crippen LogP contribution in [0.4, 0.5) is 0 Å². The van der Waals surface area contributed by atoms with Gasteiger partial charge in [0.15, 0.2) is 0 Å². The first-order valence-corrected chi connectivity index (χ1v) is 3.65. The van der Waals surface area contributed by atoms with Crippen molar-refractivity contribution in [3.8, 4) is 0 Å². The van der Waals surface area contributed by atoms with E-state index in [-0.39, 0.29) is 6.61 Å². The maximum absolute atomic E-state index is 9.51. The Bertz CT molecular complexity index is 132. The van der Waals surface area contributed by atoms with Crippen LogP contribution in [-0.4, -0.2) is 48.3 Å². The minimum Gasteiger partial charge on any atom is -0.478 e. The summed E-state index contributed by atoms with van der Waals surface area (Å²) in [5.41, 5.74) is 0. The molecule has 0 aromatic heterocycles. The minimum atomic E-state index is -0.891. The molecule has 0 saturated carbocycles. The summed E-state index contributed by atoms with van der Waals surface area (Å²) < 4.78 is 0. The van der Waals surface area contributed by atoms with Gasteiger partial charge in [0.05, 0.1) is 6.61 Å². The lowest BCUT2D eigenvalue weighted by molar-refractivity contribution is -0.131. The molecule has 0 aliphatic carbocycles. The molecule has 0 amide bonds. The molecule has 0 bridgehead atoms. The van der Waals surface area contributed by atoms with Crippen molar-refractivity contribution in [2.75, 3.05) is 27.2 Å². The Hall–Kier alpha value is -0.870. The van der Waals surface area contributed by atoms with Gasteiger partial charge in [0.2, 0.25) is 0 Å². The van der Waals surface area contributed by atoms with Gasteiger partial charge in [0, 0.05) is 12.6 Å². The van der Waals surface area contributed by atoms with Crippen molar-refractivity contribution in [1.29, 1.82) is 0 Å². The van der Waals surface area contributed by atoms with E-state index in [2.05, 4.69) is 0 Å². The Balaban J connectivity index is 0. The summed E-state index contributed by atoms with van der Waals surface area (Å²) in [7, 11) is 3.85. The van der Waals surface area contributed by atoms with Crippen molar-refractivity contribution in [3.05, 3.63) is 12.2 Å². The summed E-state index contributed by atoms with van der Waals surface area (Å²) in [6, 6.07) is 0. The van der Waals surface area contributed by atoms with Crippen molar-refractivity contribution in [1.82, 2.24) is 4.90 Å². The largest absolute Gasteiger partial charge is 0.478 e. The third-order valence-corrected chi connectivity index (χ3v) is 0.856. The molecule has 0 saturated heterocycles. The summed E-state index contributed by atoms with van der Waals surface area (Å²) in [5.74, 6) is -0.891. The van der Waals surface area contributed by atoms with Crippen molar-refractivity contribution in [2.24, 2.45) is 0 Å². The summed E-state index contributed by atoms with van der Waals surface area (Å²) >= 11 is 0. The minimum absolute atomic E-state index is 0.257. The Kier molecular flexibility index (Phi) is 11.6. The zero-order valence-electron chi connectivity index (χ0n) is 7.82. The van der Waals surface area contributed by atoms with E-state index in [0.29, 0.717) is 0 Å². The van der Waals surface area contributed by atoms with Crippen molar-refractivity contribution in [2.45, 2.75) is 6.92 Å². The van der Waals surface area contributed by atoms with Gasteiger partial charge in [-0.3, -0.25) is 0 Å². The molecular weight excluding hydrogens is 158 g/mol. The smallest absolute Gasteiger partial charge is 0.327 e. The van der Waals surface area contributed by atoms with Crippen LogP contribution in [0.3, 0.4) is 0 Å². The van der Waals surface area contributed by atoms with Crippen LogP contribution in [-0.2, 0) is 4.79 Å². The van der Waals surface area contributed by atoms with Crippen LogP contribution in [0.1, 0.15) is 6.92 Å².